The predicted octanol–water partition coefficient (Wildman–Crippen LogP) is -0.206. The minimum atomic E-state index is -0.565. The van der Waals surface area contributed by atoms with Crippen molar-refractivity contribution >= 4 is 6.09 Å². The lowest BCUT2D eigenvalue weighted by Gasteiger charge is -2.29. The second-order valence-electron chi connectivity index (χ2n) is 2.67. The molecule has 0 aromatic rings. The number of amides is 1. The number of carbonyl (C=O) groups is 1. The fourth-order valence-electron chi connectivity index (χ4n) is 1.13. The molecule has 0 aliphatic carbocycles. The molecule has 70 valence electrons. The van der Waals surface area contributed by atoms with Gasteiger partial charge in [-0.15, -0.1) is 0 Å². The van der Waals surface area contributed by atoms with Crippen molar-refractivity contribution in [2.45, 2.75) is 13.0 Å². The van der Waals surface area contributed by atoms with Crippen molar-refractivity contribution in [3.05, 3.63) is 0 Å². The van der Waals surface area contributed by atoms with Gasteiger partial charge in [-0.05, 0) is 6.92 Å². The van der Waals surface area contributed by atoms with Crippen molar-refractivity contribution < 1.29 is 19.4 Å². The third-order valence-corrected chi connectivity index (χ3v) is 1.69. The molecule has 1 fully saturated rings. The van der Waals surface area contributed by atoms with E-state index in [4.69, 9.17) is 9.84 Å². The van der Waals surface area contributed by atoms with E-state index in [1.165, 1.54) is 4.90 Å². The molecule has 0 radical (unpaired) electrons. The quantitative estimate of drug-likeness (QED) is 0.560. The van der Waals surface area contributed by atoms with Gasteiger partial charge in [-0.3, -0.25) is 0 Å². The van der Waals surface area contributed by atoms with Crippen molar-refractivity contribution in [2.24, 2.45) is 0 Å². The van der Waals surface area contributed by atoms with Crippen LogP contribution in [0, 0.1) is 0 Å². The van der Waals surface area contributed by atoms with Gasteiger partial charge in [0.25, 0.3) is 0 Å². The highest BCUT2D eigenvalue weighted by Crippen LogP contribution is 2.05. The van der Waals surface area contributed by atoms with Crippen LogP contribution in [-0.2, 0) is 9.47 Å². The van der Waals surface area contributed by atoms with E-state index in [1.807, 2.05) is 6.92 Å². The fourth-order valence-corrected chi connectivity index (χ4v) is 1.13. The number of ether oxygens (including phenoxy) is 2. The molecular formula is C7H13NO4. The summed E-state index contributed by atoms with van der Waals surface area (Å²) in [7, 11) is 0. The first-order valence-electron chi connectivity index (χ1n) is 3.88. The molecule has 1 N–H and O–H groups in total. The molecular weight excluding hydrogens is 162 g/mol. The van der Waals surface area contributed by atoms with E-state index < -0.39 is 12.9 Å². The molecule has 1 unspecified atom stereocenters. The Balaban J connectivity index is 2.35. The summed E-state index contributed by atoms with van der Waals surface area (Å²) in [6.45, 7) is 2.91. The van der Waals surface area contributed by atoms with Gasteiger partial charge in [-0.25, -0.2) is 4.79 Å². The van der Waals surface area contributed by atoms with Crippen molar-refractivity contribution in [1.82, 2.24) is 4.90 Å². The molecule has 0 bridgehead atoms. The smallest absolute Gasteiger partial charge is 0.412 e. The highest BCUT2D eigenvalue weighted by atomic mass is 16.6. The summed E-state index contributed by atoms with van der Waals surface area (Å²) in [6.07, 6.45) is -0.433. The Morgan fingerprint density at radius 2 is 2.58 bits per heavy atom. The normalized spacial score (nSPS) is 23.8. The summed E-state index contributed by atoms with van der Waals surface area (Å²) in [5, 5.41) is 8.33. The van der Waals surface area contributed by atoms with Crippen LogP contribution in [0.4, 0.5) is 4.79 Å². The van der Waals surface area contributed by atoms with E-state index in [-0.39, 0.29) is 6.10 Å². The average molecular weight is 175 g/mol. The Labute approximate surface area is 70.9 Å². The zero-order valence-corrected chi connectivity index (χ0v) is 7.02. The van der Waals surface area contributed by atoms with Crippen LogP contribution < -0.4 is 0 Å². The van der Waals surface area contributed by atoms with Crippen LogP contribution in [0.1, 0.15) is 6.92 Å². The summed E-state index contributed by atoms with van der Waals surface area (Å²) in [5.74, 6) is 0. The molecule has 0 aromatic heterocycles. The third kappa shape index (κ3) is 2.35. The first-order chi connectivity index (χ1) is 5.74. The number of carbonyl (C=O) groups excluding carboxylic acids is 1. The largest absolute Gasteiger partial charge is 0.422 e. The molecule has 1 rings (SSSR count). The van der Waals surface area contributed by atoms with Crippen LogP contribution in [0.2, 0.25) is 0 Å². The highest BCUT2D eigenvalue weighted by Gasteiger charge is 2.21. The van der Waals surface area contributed by atoms with Crippen molar-refractivity contribution in [1.29, 1.82) is 0 Å². The fraction of sp³-hybridized carbons (Fsp3) is 0.857. The van der Waals surface area contributed by atoms with Gasteiger partial charge in [-0.2, -0.15) is 0 Å². The molecule has 12 heavy (non-hydrogen) atoms. The maximum Gasteiger partial charge on any atom is 0.412 e. The summed E-state index contributed by atoms with van der Waals surface area (Å²) in [6, 6.07) is 0. The molecule has 1 saturated heterocycles. The van der Waals surface area contributed by atoms with Gasteiger partial charge < -0.3 is 19.5 Å². The Kier molecular flexibility index (Phi) is 3.31. The molecule has 5 heteroatoms. The third-order valence-electron chi connectivity index (χ3n) is 1.69. The highest BCUT2D eigenvalue weighted by molar-refractivity contribution is 5.67. The number of nitrogens with zero attached hydrogens (tertiary/aromatic N) is 1. The van der Waals surface area contributed by atoms with Gasteiger partial charge in [0.15, 0.2) is 6.79 Å². The van der Waals surface area contributed by atoms with Crippen LogP contribution in [0.3, 0.4) is 0 Å². The molecule has 1 aliphatic rings. The summed E-state index contributed by atoms with van der Waals surface area (Å²) < 4.78 is 9.64. The second kappa shape index (κ2) is 4.27. The lowest BCUT2D eigenvalue weighted by Crippen LogP contribution is -2.44. The summed E-state index contributed by atoms with van der Waals surface area (Å²) in [5.41, 5.74) is 0. The first-order valence-corrected chi connectivity index (χ1v) is 3.88. The average Bonchev–Trinajstić information content (AvgIpc) is 2.05. The predicted molar refractivity (Wildman–Crippen MR) is 40.6 cm³/mol. The Morgan fingerprint density at radius 1 is 1.83 bits per heavy atom. The molecule has 1 amide bonds. The molecule has 0 aromatic carbocycles. The van der Waals surface area contributed by atoms with E-state index in [9.17, 15) is 4.79 Å². The van der Waals surface area contributed by atoms with E-state index in [1.54, 1.807) is 0 Å². The van der Waals surface area contributed by atoms with Crippen molar-refractivity contribution in [2.75, 3.05) is 26.5 Å². The van der Waals surface area contributed by atoms with Crippen molar-refractivity contribution in [3.63, 3.8) is 0 Å². The van der Waals surface area contributed by atoms with Crippen LogP contribution in [-0.4, -0.2) is 48.7 Å². The monoisotopic (exact) mass is 175 g/mol. The first kappa shape index (κ1) is 9.28. The van der Waals surface area contributed by atoms with Gasteiger partial charge in [0, 0.05) is 6.54 Å². The van der Waals surface area contributed by atoms with Gasteiger partial charge in [-0.1, -0.05) is 0 Å². The summed E-state index contributed by atoms with van der Waals surface area (Å²) in [4.78, 5) is 12.6. The molecule has 0 saturated carbocycles. The zero-order chi connectivity index (χ0) is 8.97. The number of morpholine rings is 1. The zero-order valence-electron chi connectivity index (χ0n) is 7.02. The van der Waals surface area contributed by atoms with Gasteiger partial charge in [0.05, 0.1) is 19.3 Å². The topological polar surface area (TPSA) is 59.0 Å². The summed E-state index contributed by atoms with van der Waals surface area (Å²) >= 11 is 0. The van der Waals surface area contributed by atoms with E-state index in [0.29, 0.717) is 19.7 Å². The van der Waals surface area contributed by atoms with Crippen LogP contribution in [0.15, 0.2) is 0 Å². The maximum atomic E-state index is 11.0. The van der Waals surface area contributed by atoms with Gasteiger partial charge in [0.1, 0.15) is 0 Å². The Hall–Kier alpha value is -0.810. The van der Waals surface area contributed by atoms with Gasteiger partial charge in [0.2, 0.25) is 0 Å². The number of hydrogen-bond donors (Lipinski definition) is 1. The SMILES string of the molecule is CC1CN(C(=O)OCO)CCO1. The van der Waals surface area contributed by atoms with E-state index in [2.05, 4.69) is 4.74 Å². The minimum absolute atomic E-state index is 0.0463. The van der Waals surface area contributed by atoms with Crippen LogP contribution in [0.5, 0.6) is 0 Å². The maximum absolute atomic E-state index is 11.0. The van der Waals surface area contributed by atoms with Gasteiger partial charge >= 0.3 is 6.09 Å². The van der Waals surface area contributed by atoms with Crippen LogP contribution >= 0.6 is 0 Å². The molecule has 1 heterocycles. The number of aliphatic hydroxyl groups is 1. The number of aliphatic hydroxyl groups excluding tert-OH is 1. The molecule has 0 spiro atoms. The number of rotatable bonds is 1. The van der Waals surface area contributed by atoms with E-state index in [0.717, 1.165) is 0 Å². The van der Waals surface area contributed by atoms with Crippen LogP contribution in [0.25, 0.3) is 0 Å². The lowest BCUT2D eigenvalue weighted by atomic mass is 10.3. The lowest BCUT2D eigenvalue weighted by molar-refractivity contribution is -0.0334. The van der Waals surface area contributed by atoms with E-state index >= 15 is 0 Å². The molecule has 1 aliphatic heterocycles. The number of hydrogen-bond acceptors (Lipinski definition) is 4. The molecule has 1 atom stereocenters. The Morgan fingerprint density at radius 3 is 3.17 bits per heavy atom. The standard InChI is InChI=1S/C7H13NO4/c1-6-4-8(2-3-11-6)7(10)12-5-9/h6,9H,2-5H2,1H3. The minimum Gasteiger partial charge on any atom is -0.422 e. The Bertz CT molecular complexity index is 161. The second-order valence-corrected chi connectivity index (χ2v) is 2.67. The molecule has 5 nitrogen and oxygen atoms in total. The van der Waals surface area contributed by atoms with Crippen molar-refractivity contribution in [3.8, 4) is 0 Å².